The van der Waals surface area contributed by atoms with Crippen molar-refractivity contribution in [3.63, 3.8) is 0 Å². The zero-order valence-corrected chi connectivity index (χ0v) is 8.71. The highest BCUT2D eigenvalue weighted by atomic mass is 19.1. The molecule has 3 rings (SSSR count). The highest BCUT2D eigenvalue weighted by Crippen LogP contribution is 2.18. The number of aromatic nitrogens is 3. The highest BCUT2D eigenvalue weighted by molar-refractivity contribution is 5.58. The summed E-state index contributed by atoms with van der Waals surface area (Å²) in [4.78, 5) is 4.27. The van der Waals surface area contributed by atoms with Gasteiger partial charge in [0.25, 0.3) is 0 Å². The van der Waals surface area contributed by atoms with Crippen molar-refractivity contribution in [1.29, 1.82) is 0 Å². The predicted octanol–water partition coefficient (Wildman–Crippen LogP) is 2.24. The van der Waals surface area contributed by atoms with Crippen LogP contribution in [0, 0.1) is 5.82 Å². The van der Waals surface area contributed by atoms with Crippen LogP contribution in [0.4, 0.5) is 4.39 Å². The van der Waals surface area contributed by atoms with Crippen LogP contribution in [-0.4, -0.2) is 19.7 Å². The predicted molar refractivity (Wildman–Crippen MR) is 60.0 cm³/mol. The van der Waals surface area contributed by atoms with E-state index >= 15 is 0 Å². The summed E-state index contributed by atoms with van der Waals surface area (Å²) < 4.78 is 14.3. The highest BCUT2D eigenvalue weighted by Gasteiger charge is 2.06. The first-order valence-electron chi connectivity index (χ1n) is 5.04. The number of aromatic hydroxyl groups is 1. The van der Waals surface area contributed by atoms with Crippen LogP contribution in [0.2, 0.25) is 0 Å². The molecule has 1 aromatic carbocycles. The van der Waals surface area contributed by atoms with Crippen LogP contribution < -0.4 is 0 Å². The molecule has 1 N–H and O–H groups in total. The number of nitrogens with zero attached hydrogens (tertiary/aromatic N) is 3. The van der Waals surface area contributed by atoms with E-state index in [1.165, 1.54) is 22.8 Å². The van der Waals surface area contributed by atoms with Gasteiger partial charge in [-0.3, -0.25) is 0 Å². The zero-order valence-electron chi connectivity index (χ0n) is 8.71. The second-order valence-corrected chi connectivity index (χ2v) is 3.63. The molecule has 0 aliphatic rings. The molecule has 0 atom stereocenters. The van der Waals surface area contributed by atoms with Gasteiger partial charge in [0, 0.05) is 5.56 Å². The van der Waals surface area contributed by atoms with Gasteiger partial charge in [-0.25, -0.2) is 13.9 Å². The molecule has 4 nitrogen and oxygen atoms in total. The number of rotatable bonds is 1. The molecule has 0 amide bonds. The Morgan fingerprint density at radius 1 is 1.06 bits per heavy atom. The standard InChI is InChI=1S/C12H8FN3O/c13-9-3-1-8(2-4-9)12-14-11-6-5-10(17)7-16(11)15-12/h1-7,17H. The molecule has 0 spiro atoms. The van der Waals surface area contributed by atoms with Crippen LogP contribution in [0.25, 0.3) is 17.0 Å². The summed E-state index contributed by atoms with van der Waals surface area (Å²) in [7, 11) is 0. The first-order valence-corrected chi connectivity index (χ1v) is 5.04. The quantitative estimate of drug-likeness (QED) is 0.696. The van der Waals surface area contributed by atoms with E-state index in [-0.39, 0.29) is 11.6 Å². The number of benzene rings is 1. The van der Waals surface area contributed by atoms with Crippen LogP contribution in [0.3, 0.4) is 0 Å². The van der Waals surface area contributed by atoms with Crippen LogP contribution >= 0.6 is 0 Å². The van der Waals surface area contributed by atoms with E-state index in [1.54, 1.807) is 24.3 Å². The van der Waals surface area contributed by atoms with Gasteiger partial charge < -0.3 is 5.11 Å². The summed E-state index contributed by atoms with van der Waals surface area (Å²) in [5, 5.41) is 13.5. The van der Waals surface area contributed by atoms with Gasteiger partial charge in [-0.1, -0.05) is 0 Å². The minimum atomic E-state index is -0.296. The molecule has 0 fully saturated rings. The average molecular weight is 229 g/mol. The molecule has 3 aromatic rings. The normalized spacial score (nSPS) is 10.9. The molecular weight excluding hydrogens is 221 g/mol. The Balaban J connectivity index is 2.14. The van der Waals surface area contributed by atoms with E-state index in [0.717, 1.165) is 5.56 Å². The molecule has 0 unspecified atom stereocenters. The molecule has 0 radical (unpaired) electrons. The lowest BCUT2D eigenvalue weighted by Crippen LogP contribution is -1.86. The fourth-order valence-electron chi connectivity index (χ4n) is 1.59. The minimum absolute atomic E-state index is 0.119. The fraction of sp³-hybridized carbons (Fsp3) is 0. The van der Waals surface area contributed by atoms with E-state index in [1.807, 2.05) is 0 Å². The zero-order chi connectivity index (χ0) is 11.8. The Kier molecular flexibility index (Phi) is 2.04. The topological polar surface area (TPSA) is 50.4 Å². The van der Waals surface area contributed by atoms with E-state index in [4.69, 9.17) is 0 Å². The summed E-state index contributed by atoms with van der Waals surface area (Å²) >= 11 is 0. The monoisotopic (exact) mass is 229 g/mol. The Morgan fingerprint density at radius 2 is 1.82 bits per heavy atom. The lowest BCUT2D eigenvalue weighted by Gasteiger charge is -1.93. The lowest BCUT2D eigenvalue weighted by molar-refractivity contribution is 0.470. The maximum Gasteiger partial charge on any atom is 0.182 e. The largest absolute Gasteiger partial charge is 0.506 e. The summed E-state index contributed by atoms with van der Waals surface area (Å²) in [5.74, 6) is 0.318. The summed E-state index contributed by atoms with van der Waals surface area (Å²) in [6.45, 7) is 0. The minimum Gasteiger partial charge on any atom is -0.506 e. The van der Waals surface area contributed by atoms with Crippen LogP contribution in [0.5, 0.6) is 5.75 Å². The third-order valence-corrected chi connectivity index (χ3v) is 2.42. The molecule has 2 aromatic heterocycles. The molecule has 0 saturated carbocycles. The van der Waals surface area contributed by atoms with Gasteiger partial charge in [-0.15, -0.1) is 5.10 Å². The van der Waals surface area contributed by atoms with E-state index in [9.17, 15) is 9.50 Å². The smallest absolute Gasteiger partial charge is 0.182 e. The van der Waals surface area contributed by atoms with Crippen molar-refractivity contribution in [2.45, 2.75) is 0 Å². The first kappa shape index (κ1) is 9.77. The number of hydrogen-bond donors (Lipinski definition) is 1. The number of halogens is 1. The molecule has 0 aliphatic heterocycles. The molecule has 0 bridgehead atoms. The SMILES string of the molecule is Oc1ccc2nc(-c3ccc(F)cc3)nn2c1. The summed E-state index contributed by atoms with van der Waals surface area (Å²) in [5.41, 5.74) is 1.36. The number of fused-ring (bicyclic) bond motifs is 1. The second kappa shape index (κ2) is 3.55. The number of hydrogen-bond acceptors (Lipinski definition) is 3. The van der Waals surface area contributed by atoms with Crippen molar-refractivity contribution in [2.75, 3.05) is 0 Å². The van der Waals surface area contributed by atoms with Gasteiger partial charge in [-0.2, -0.15) is 0 Å². The van der Waals surface area contributed by atoms with Gasteiger partial charge in [-0.05, 0) is 36.4 Å². The summed E-state index contributed by atoms with van der Waals surface area (Å²) in [6.07, 6.45) is 1.47. The maximum atomic E-state index is 12.8. The van der Waals surface area contributed by atoms with Gasteiger partial charge >= 0.3 is 0 Å². The Bertz CT molecular complexity index is 676. The molecule has 0 aliphatic carbocycles. The second-order valence-electron chi connectivity index (χ2n) is 3.63. The Labute approximate surface area is 96.0 Å². The maximum absolute atomic E-state index is 12.8. The van der Waals surface area contributed by atoms with Crippen molar-refractivity contribution in [1.82, 2.24) is 14.6 Å². The average Bonchev–Trinajstić information content (AvgIpc) is 2.72. The van der Waals surface area contributed by atoms with Crippen LogP contribution in [0.1, 0.15) is 0 Å². The van der Waals surface area contributed by atoms with Crippen molar-refractivity contribution in [2.24, 2.45) is 0 Å². The van der Waals surface area contributed by atoms with Crippen LogP contribution in [-0.2, 0) is 0 Å². The Morgan fingerprint density at radius 3 is 2.59 bits per heavy atom. The molecule has 84 valence electrons. The molecule has 2 heterocycles. The van der Waals surface area contributed by atoms with Crippen molar-refractivity contribution in [3.05, 3.63) is 48.4 Å². The van der Waals surface area contributed by atoms with E-state index in [0.29, 0.717) is 11.5 Å². The van der Waals surface area contributed by atoms with Gasteiger partial charge in [0.2, 0.25) is 0 Å². The van der Waals surface area contributed by atoms with Crippen molar-refractivity contribution < 1.29 is 9.50 Å². The Hall–Kier alpha value is -2.43. The van der Waals surface area contributed by atoms with Crippen LogP contribution in [0.15, 0.2) is 42.6 Å². The third kappa shape index (κ3) is 1.71. The first-order chi connectivity index (χ1) is 8.22. The van der Waals surface area contributed by atoms with Gasteiger partial charge in [0.1, 0.15) is 11.6 Å². The molecule has 0 saturated heterocycles. The third-order valence-electron chi connectivity index (χ3n) is 2.42. The van der Waals surface area contributed by atoms with E-state index in [2.05, 4.69) is 10.1 Å². The van der Waals surface area contributed by atoms with Gasteiger partial charge in [0.15, 0.2) is 11.5 Å². The van der Waals surface area contributed by atoms with E-state index < -0.39 is 0 Å². The van der Waals surface area contributed by atoms with Crippen molar-refractivity contribution >= 4 is 5.65 Å². The number of pyridine rings is 1. The fourth-order valence-corrected chi connectivity index (χ4v) is 1.59. The molecule has 5 heteroatoms. The summed E-state index contributed by atoms with van der Waals surface area (Å²) in [6, 6.07) is 9.15. The van der Waals surface area contributed by atoms with Crippen molar-refractivity contribution in [3.8, 4) is 17.1 Å². The molecular formula is C12H8FN3O. The molecule has 17 heavy (non-hydrogen) atoms. The van der Waals surface area contributed by atoms with Gasteiger partial charge in [0.05, 0.1) is 6.20 Å². The lowest BCUT2D eigenvalue weighted by atomic mass is 10.2.